The molecule has 0 saturated carbocycles. The number of anilines is 1. The Morgan fingerprint density at radius 3 is 2.40 bits per heavy atom. The summed E-state index contributed by atoms with van der Waals surface area (Å²) in [5.74, 6) is 0.822. The van der Waals surface area contributed by atoms with E-state index in [1.165, 1.54) is 0 Å². The Morgan fingerprint density at radius 1 is 1.04 bits per heavy atom. The van der Waals surface area contributed by atoms with Crippen molar-refractivity contribution in [1.82, 2.24) is 4.98 Å². The van der Waals surface area contributed by atoms with Crippen LogP contribution in [0.2, 0.25) is 5.02 Å². The SMILES string of the molecule is Cc1ccc(C(=O)CC(Nc2ccccn2)c2ccc(Cl)cc2)cc1. The molecule has 2 aromatic carbocycles. The molecule has 0 radical (unpaired) electrons. The lowest BCUT2D eigenvalue weighted by molar-refractivity contribution is 0.0976. The number of aromatic nitrogens is 1. The maximum atomic E-state index is 12.7. The van der Waals surface area contributed by atoms with Gasteiger partial charge in [-0.15, -0.1) is 0 Å². The van der Waals surface area contributed by atoms with E-state index in [4.69, 9.17) is 11.6 Å². The number of pyridine rings is 1. The van der Waals surface area contributed by atoms with Crippen molar-refractivity contribution in [3.63, 3.8) is 0 Å². The third kappa shape index (κ3) is 4.68. The molecule has 0 aliphatic rings. The minimum Gasteiger partial charge on any atom is -0.363 e. The second-order valence-electron chi connectivity index (χ2n) is 5.96. The highest BCUT2D eigenvalue weighted by Crippen LogP contribution is 2.25. The number of rotatable bonds is 6. The molecule has 3 nitrogen and oxygen atoms in total. The van der Waals surface area contributed by atoms with Crippen LogP contribution in [0.15, 0.2) is 72.9 Å². The summed E-state index contributed by atoms with van der Waals surface area (Å²) < 4.78 is 0. The van der Waals surface area contributed by atoms with Gasteiger partial charge < -0.3 is 5.32 Å². The maximum absolute atomic E-state index is 12.7. The van der Waals surface area contributed by atoms with Gasteiger partial charge in [-0.25, -0.2) is 4.98 Å². The van der Waals surface area contributed by atoms with Gasteiger partial charge in [-0.05, 0) is 36.8 Å². The number of hydrogen-bond acceptors (Lipinski definition) is 3. The van der Waals surface area contributed by atoms with Crippen LogP contribution in [0.5, 0.6) is 0 Å². The standard InChI is InChI=1S/C21H19ClN2O/c1-15-5-7-17(8-6-15)20(25)14-19(16-9-11-18(22)12-10-16)24-21-4-2-3-13-23-21/h2-13,19H,14H2,1H3,(H,23,24). The van der Waals surface area contributed by atoms with Crippen molar-refractivity contribution in [3.8, 4) is 0 Å². The van der Waals surface area contributed by atoms with E-state index < -0.39 is 0 Å². The average molecular weight is 351 g/mol. The summed E-state index contributed by atoms with van der Waals surface area (Å²) in [5.41, 5.74) is 2.85. The minimum atomic E-state index is -0.180. The van der Waals surface area contributed by atoms with Crippen LogP contribution < -0.4 is 5.32 Å². The van der Waals surface area contributed by atoms with Gasteiger partial charge in [-0.2, -0.15) is 0 Å². The van der Waals surface area contributed by atoms with Crippen LogP contribution in [0, 0.1) is 6.92 Å². The molecule has 3 rings (SSSR count). The van der Waals surface area contributed by atoms with Gasteiger partial charge in [0.05, 0.1) is 6.04 Å². The summed E-state index contributed by atoms with van der Waals surface area (Å²) in [6.45, 7) is 2.01. The van der Waals surface area contributed by atoms with Gasteiger partial charge >= 0.3 is 0 Å². The van der Waals surface area contributed by atoms with E-state index in [1.807, 2.05) is 73.7 Å². The number of carbonyl (C=O) groups excluding carboxylic acids is 1. The van der Waals surface area contributed by atoms with E-state index in [-0.39, 0.29) is 11.8 Å². The Hall–Kier alpha value is -2.65. The van der Waals surface area contributed by atoms with E-state index in [9.17, 15) is 4.79 Å². The zero-order valence-electron chi connectivity index (χ0n) is 13.9. The number of ketones is 1. The van der Waals surface area contributed by atoms with Crippen LogP contribution in [0.25, 0.3) is 0 Å². The normalized spacial score (nSPS) is 11.8. The fourth-order valence-electron chi connectivity index (χ4n) is 2.62. The average Bonchev–Trinajstić information content (AvgIpc) is 2.63. The molecular formula is C21H19ClN2O. The maximum Gasteiger partial charge on any atom is 0.165 e. The highest BCUT2D eigenvalue weighted by molar-refractivity contribution is 6.30. The minimum absolute atomic E-state index is 0.0865. The van der Waals surface area contributed by atoms with Crippen LogP contribution >= 0.6 is 11.6 Å². The molecule has 4 heteroatoms. The largest absolute Gasteiger partial charge is 0.363 e. The Kier molecular flexibility index (Phi) is 5.46. The lowest BCUT2D eigenvalue weighted by Crippen LogP contribution is -2.16. The molecule has 0 saturated heterocycles. The van der Waals surface area contributed by atoms with Gasteiger partial charge in [0, 0.05) is 23.2 Å². The number of aryl methyl sites for hydroxylation is 1. The molecule has 1 unspecified atom stereocenters. The van der Waals surface area contributed by atoms with Crippen LogP contribution in [0.1, 0.15) is 33.9 Å². The number of Topliss-reactive ketones (excluding diaryl/α,β-unsaturated/α-hetero) is 1. The van der Waals surface area contributed by atoms with Gasteiger partial charge in [0.2, 0.25) is 0 Å². The summed E-state index contributed by atoms with van der Waals surface area (Å²) in [6, 6.07) is 20.7. The van der Waals surface area contributed by atoms with Gasteiger partial charge in [0.25, 0.3) is 0 Å². The van der Waals surface area contributed by atoms with E-state index in [0.717, 1.165) is 16.9 Å². The van der Waals surface area contributed by atoms with Gasteiger partial charge in [-0.3, -0.25) is 4.79 Å². The number of nitrogens with one attached hydrogen (secondary N) is 1. The molecule has 1 heterocycles. The van der Waals surface area contributed by atoms with Crippen molar-refractivity contribution in [1.29, 1.82) is 0 Å². The zero-order chi connectivity index (χ0) is 17.6. The first-order valence-corrected chi connectivity index (χ1v) is 8.52. The first kappa shape index (κ1) is 17.2. The second kappa shape index (κ2) is 7.95. The van der Waals surface area contributed by atoms with Crippen molar-refractivity contribution in [3.05, 3.63) is 94.6 Å². The molecule has 0 amide bonds. The van der Waals surface area contributed by atoms with E-state index in [1.54, 1.807) is 6.20 Å². The predicted octanol–water partition coefficient (Wildman–Crippen LogP) is 5.47. The smallest absolute Gasteiger partial charge is 0.165 e. The van der Waals surface area contributed by atoms with Crippen molar-refractivity contribution >= 4 is 23.2 Å². The Balaban J connectivity index is 1.83. The predicted molar refractivity (Wildman–Crippen MR) is 102 cm³/mol. The highest BCUT2D eigenvalue weighted by Gasteiger charge is 2.18. The molecule has 3 aromatic rings. The summed E-state index contributed by atoms with van der Waals surface area (Å²) in [7, 11) is 0. The first-order chi connectivity index (χ1) is 12.1. The Bertz CT molecular complexity index is 830. The molecule has 0 aliphatic carbocycles. The number of nitrogens with zero attached hydrogens (tertiary/aromatic N) is 1. The molecule has 25 heavy (non-hydrogen) atoms. The second-order valence-corrected chi connectivity index (χ2v) is 6.39. The van der Waals surface area contributed by atoms with Gasteiger partial charge in [0.1, 0.15) is 5.82 Å². The molecule has 1 N–H and O–H groups in total. The van der Waals surface area contributed by atoms with Crippen molar-refractivity contribution < 1.29 is 4.79 Å². The molecule has 126 valence electrons. The van der Waals surface area contributed by atoms with Crippen LogP contribution in [0.4, 0.5) is 5.82 Å². The summed E-state index contributed by atoms with van der Waals surface area (Å²) in [4.78, 5) is 17.0. The Labute approximate surface area is 152 Å². The number of halogens is 1. The summed E-state index contributed by atoms with van der Waals surface area (Å²) in [6.07, 6.45) is 2.06. The number of hydrogen-bond donors (Lipinski definition) is 1. The third-order valence-corrected chi connectivity index (χ3v) is 4.27. The number of benzene rings is 2. The topological polar surface area (TPSA) is 42.0 Å². The monoisotopic (exact) mass is 350 g/mol. The van der Waals surface area contributed by atoms with Crippen LogP contribution in [-0.4, -0.2) is 10.8 Å². The zero-order valence-corrected chi connectivity index (χ0v) is 14.7. The van der Waals surface area contributed by atoms with Gasteiger partial charge in [0.15, 0.2) is 5.78 Å². The van der Waals surface area contributed by atoms with Crippen LogP contribution in [-0.2, 0) is 0 Å². The Morgan fingerprint density at radius 2 is 1.76 bits per heavy atom. The molecule has 0 aliphatic heterocycles. The summed E-state index contributed by atoms with van der Waals surface area (Å²) >= 11 is 5.99. The lowest BCUT2D eigenvalue weighted by Gasteiger charge is -2.19. The molecule has 0 spiro atoms. The highest BCUT2D eigenvalue weighted by atomic mass is 35.5. The van der Waals surface area contributed by atoms with Crippen molar-refractivity contribution in [2.45, 2.75) is 19.4 Å². The molecule has 1 atom stereocenters. The molecule has 0 bridgehead atoms. The van der Waals surface area contributed by atoms with E-state index >= 15 is 0 Å². The van der Waals surface area contributed by atoms with Crippen molar-refractivity contribution in [2.24, 2.45) is 0 Å². The molecule has 0 fully saturated rings. The number of carbonyl (C=O) groups is 1. The first-order valence-electron chi connectivity index (χ1n) is 8.15. The van der Waals surface area contributed by atoms with E-state index in [0.29, 0.717) is 17.0 Å². The fraction of sp³-hybridized carbons (Fsp3) is 0.143. The van der Waals surface area contributed by atoms with E-state index in [2.05, 4.69) is 10.3 Å². The molecular weight excluding hydrogens is 332 g/mol. The lowest BCUT2D eigenvalue weighted by atomic mass is 9.97. The molecule has 1 aromatic heterocycles. The van der Waals surface area contributed by atoms with Crippen molar-refractivity contribution in [2.75, 3.05) is 5.32 Å². The third-order valence-electron chi connectivity index (χ3n) is 4.02. The quantitative estimate of drug-likeness (QED) is 0.599. The van der Waals surface area contributed by atoms with Crippen LogP contribution in [0.3, 0.4) is 0 Å². The fourth-order valence-corrected chi connectivity index (χ4v) is 2.74. The van der Waals surface area contributed by atoms with Gasteiger partial charge in [-0.1, -0.05) is 59.6 Å². The summed E-state index contributed by atoms with van der Waals surface area (Å²) in [5, 5.41) is 4.02.